The van der Waals surface area contributed by atoms with E-state index in [1.54, 1.807) is 19.1 Å². The van der Waals surface area contributed by atoms with Crippen molar-refractivity contribution in [3.05, 3.63) is 53.8 Å². The molecule has 0 saturated carbocycles. The van der Waals surface area contributed by atoms with Crippen LogP contribution in [0.5, 0.6) is 0 Å². The summed E-state index contributed by atoms with van der Waals surface area (Å²) in [6, 6.07) is 9.72. The Kier molecular flexibility index (Phi) is 3.44. The summed E-state index contributed by atoms with van der Waals surface area (Å²) in [6.07, 6.45) is 0. The molecule has 100 valence electrons. The number of sulfonamides is 1. The first-order valence-electron chi connectivity index (χ1n) is 5.53. The predicted octanol–water partition coefficient (Wildman–Crippen LogP) is 2.52. The van der Waals surface area contributed by atoms with Gasteiger partial charge < -0.3 is 5.73 Å². The first-order valence-corrected chi connectivity index (χ1v) is 7.01. The van der Waals surface area contributed by atoms with Crippen LogP contribution < -0.4 is 10.5 Å². The van der Waals surface area contributed by atoms with Crippen LogP contribution in [0, 0.1) is 12.7 Å². The molecule has 2 aromatic rings. The summed E-state index contributed by atoms with van der Waals surface area (Å²) in [5, 5.41) is 0. The average Bonchev–Trinajstić information content (AvgIpc) is 2.33. The van der Waals surface area contributed by atoms with Gasteiger partial charge in [0.05, 0.1) is 10.6 Å². The van der Waals surface area contributed by atoms with Gasteiger partial charge in [-0.05, 0) is 42.8 Å². The fraction of sp³-hybridized carbons (Fsp3) is 0.0769. The van der Waals surface area contributed by atoms with Crippen LogP contribution >= 0.6 is 0 Å². The number of nitrogens with one attached hydrogen (secondary N) is 1. The number of anilines is 2. The van der Waals surface area contributed by atoms with Gasteiger partial charge in [0.25, 0.3) is 10.0 Å². The highest BCUT2D eigenvalue weighted by atomic mass is 32.2. The van der Waals surface area contributed by atoms with E-state index in [9.17, 15) is 12.8 Å². The Morgan fingerprint density at radius 2 is 1.89 bits per heavy atom. The van der Waals surface area contributed by atoms with Crippen LogP contribution in [0.4, 0.5) is 15.8 Å². The second-order valence-corrected chi connectivity index (χ2v) is 5.82. The smallest absolute Gasteiger partial charge is 0.262 e. The molecule has 0 amide bonds. The van der Waals surface area contributed by atoms with Crippen LogP contribution in [0.25, 0.3) is 0 Å². The lowest BCUT2D eigenvalue weighted by Crippen LogP contribution is -2.14. The monoisotopic (exact) mass is 280 g/mol. The topological polar surface area (TPSA) is 72.2 Å². The normalized spacial score (nSPS) is 11.3. The largest absolute Gasteiger partial charge is 0.399 e. The van der Waals surface area contributed by atoms with Gasteiger partial charge in [0.2, 0.25) is 0 Å². The molecule has 0 fully saturated rings. The summed E-state index contributed by atoms with van der Waals surface area (Å²) in [5.74, 6) is -0.604. The Balaban J connectivity index is 2.39. The van der Waals surface area contributed by atoms with Crippen molar-refractivity contribution in [1.29, 1.82) is 0 Å². The molecule has 0 aliphatic carbocycles. The van der Waals surface area contributed by atoms with Gasteiger partial charge in [0.15, 0.2) is 0 Å². The van der Waals surface area contributed by atoms with E-state index in [0.717, 1.165) is 11.6 Å². The summed E-state index contributed by atoms with van der Waals surface area (Å²) < 4.78 is 39.7. The molecule has 0 atom stereocenters. The van der Waals surface area contributed by atoms with Crippen LogP contribution in [-0.4, -0.2) is 8.42 Å². The molecule has 3 N–H and O–H groups in total. The molecular weight excluding hydrogens is 267 g/mol. The summed E-state index contributed by atoms with van der Waals surface area (Å²) in [5.41, 5.74) is 7.17. The van der Waals surface area contributed by atoms with E-state index >= 15 is 0 Å². The Labute approximate surface area is 111 Å². The summed E-state index contributed by atoms with van der Waals surface area (Å²) in [4.78, 5) is -0.130. The van der Waals surface area contributed by atoms with E-state index in [0.29, 0.717) is 11.4 Å². The van der Waals surface area contributed by atoms with Gasteiger partial charge in [-0.15, -0.1) is 0 Å². The Morgan fingerprint density at radius 3 is 2.58 bits per heavy atom. The lowest BCUT2D eigenvalue weighted by molar-refractivity contribution is 0.595. The van der Waals surface area contributed by atoms with Crippen molar-refractivity contribution in [3.8, 4) is 0 Å². The summed E-state index contributed by atoms with van der Waals surface area (Å²) in [7, 11) is -3.82. The van der Waals surface area contributed by atoms with Gasteiger partial charge in [0, 0.05) is 5.69 Å². The molecule has 2 aromatic carbocycles. The van der Waals surface area contributed by atoms with Gasteiger partial charge in [-0.1, -0.05) is 12.1 Å². The number of rotatable bonds is 3. The van der Waals surface area contributed by atoms with Gasteiger partial charge in [0.1, 0.15) is 5.82 Å². The number of hydrogen-bond donors (Lipinski definition) is 2. The van der Waals surface area contributed by atoms with E-state index in [-0.39, 0.29) is 4.90 Å². The van der Waals surface area contributed by atoms with Crippen LogP contribution in [0.1, 0.15) is 5.56 Å². The third-order valence-corrected chi connectivity index (χ3v) is 3.98. The van der Waals surface area contributed by atoms with Gasteiger partial charge in [-0.2, -0.15) is 0 Å². The zero-order valence-corrected chi connectivity index (χ0v) is 11.0. The van der Waals surface area contributed by atoms with Crippen molar-refractivity contribution in [2.24, 2.45) is 0 Å². The zero-order chi connectivity index (χ0) is 14.0. The van der Waals surface area contributed by atoms with Crippen molar-refractivity contribution in [1.82, 2.24) is 0 Å². The van der Waals surface area contributed by atoms with E-state index in [4.69, 9.17) is 5.73 Å². The fourth-order valence-electron chi connectivity index (χ4n) is 1.59. The SMILES string of the molecule is Cc1ccc(N)cc1NS(=O)(=O)c1cccc(F)c1. The Bertz CT molecular complexity index is 714. The first kappa shape index (κ1) is 13.4. The lowest BCUT2D eigenvalue weighted by atomic mass is 10.2. The average molecular weight is 280 g/mol. The van der Waals surface area contributed by atoms with Crippen LogP contribution in [-0.2, 0) is 10.0 Å². The minimum atomic E-state index is -3.82. The minimum Gasteiger partial charge on any atom is -0.399 e. The third kappa shape index (κ3) is 3.03. The second-order valence-electron chi connectivity index (χ2n) is 4.14. The van der Waals surface area contributed by atoms with Crippen molar-refractivity contribution >= 4 is 21.4 Å². The van der Waals surface area contributed by atoms with Crippen molar-refractivity contribution < 1.29 is 12.8 Å². The van der Waals surface area contributed by atoms with Crippen molar-refractivity contribution in [2.45, 2.75) is 11.8 Å². The molecule has 0 aliphatic rings. The highest BCUT2D eigenvalue weighted by Crippen LogP contribution is 2.22. The minimum absolute atomic E-state index is 0.130. The highest BCUT2D eigenvalue weighted by Gasteiger charge is 2.15. The molecule has 4 nitrogen and oxygen atoms in total. The van der Waals surface area contributed by atoms with Crippen LogP contribution in [0.15, 0.2) is 47.4 Å². The van der Waals surface area contributed by atoms with Gasteiger partial charge in [-0.25, -0.2) is 12.8 Å². The Hall–Kier alpha value is -2.08. The van der Waals surface area contributed by atoms with Gasteiger partial charge in [-0.3, -0.25) is 4.72 Å². The molecule has 0 radical (unpaired) electrons. The molecule has 0 aromatic heterocycles. The van der Waals surface area contributed by atoms with Crippen LogP contribution in [0.3, 0.4) is 0 Å². The molecule has 0 aliphatic heterocycles. The number of aryl methyl sites for hydroxylation is 1. The number of hydrogen-bond acceptors (Lipinski definition) is 3. The first-order chi connectivity index (χ1) is 8.88. The van der Waals surface area contributed by atoms with E-state index in [1.165, 1.54) is 24.3 Å². The molecule has 19 heavy (non-hydrogen) atoms. The number of nitrogen functional groups attached to an aromatic ring is 1. The number of benzene rings is 2. The second kappa shape index (κ2) is 4.89. The highest BCUT2D eigenvalue weighted by molar-refractivity contribution is 7.92. The summed E-state index contributed by atoms with van der Waals surface area (Å²) >= 11 is 0. The maximum atomic E-state index is 13.1. The maximum Gasteiger partial charge on any atom is 0.262 e. The molecular formula is C13H13FN2O2S. The zero-order valence-electron chi connectivity index (χ0n) is 10.2. The van der Waals surface area contributed by atoms with Gasteiger partial charge >= 0.3 is 0 Å². The number of nitrogens with two attached hydrogens (primary N) is 1. The molecule has 0 spiro atoms. The third-order valence-electron chi connectivity index (χ3n) is 2.61. The van der Waals surface area contributed by atoms with Crippen LogP contribution in [0.2, 0.25) is 0 Å². The fourth-order valence-corrected chi connectivity index (χ4v) is 2.74. The molecule has 0 heterocycles. The van der Waals surface area contributed by atoms with Crippen molar-refractivity contribution in [2.75, 3.05) is 10.5 Å². The summed E-state index contributed by atoms with van der Waals surface area (Å²) in [6.45, 7) is 1.75. The molecule has 6 heteroatoms. The standard InChI is InChI=1S/C13H13FN2O2S/c1-9-5-6-11(15)8-13(9)16-19(17,18)12-4-2-3-10(14)7-12/h2-8,16H,15H2,1H3. The lowest BCUT2D eigenvalue weighted by Gasteiger charge is -2.11. The number of halogens is 1. The maximum absolute atomic E-state index is 13.1. The van der Waals surface area contributed by atoms with Crippen molar-refractivity contribution in [3.63, 3.8) is 0 Å². The Morgan fingerprint density at radius 1 is 1.16 bits per heavy atom. The van der Waals surface area contributed by atoms with E-state index in [1.807, 2.05) is 0 Å². The van der Waals surface area contributed by atoms with E-state index < -0.39 is 15.8 Å². The molecule has 0 unspecified atom stereocenters. The van der Waals surface area contributed by atoms with E-state index in [2.05, 4.69) is 4.72 Å². The quantitative estimate of drug-likeness (QED) is 0.848. The predicted molar refractivity (Wildman–Crippen MR) is 72.8 cm³/mol. The molecule has 0 bridgehead atoms. The molecule has 2 rings (SSSR count). The molecule has 0 saturated heterocycles.